The summed E-state index contributed by atoms with van der Waals surface area (Å²) in [4.78, 5) is 0. The molecule has 0 saturated carbocycles. The van der Waals surface area contributed by atoms with Crippen molar-refractivity contribution in [1.82, 2.24) is 5.32 Å². The summed E-state index contributed by atoms with van der Waals surface area (Å²) in [6, 6.07) is 7.65. The topological polar surface area (TPSA) is 58.2 Å². The van der Waals surface area contributed by atoms with Crippen LogP contribution in [0.1, 0.15) is 39.2 Å². The lowest BCUT2D eigenvalue weighted by atomic mass is 9.86. The van der Waals surface area contributed by atoms with Gasteiger partial charge in [0.15, 0.2) is 0 Å². The lowest BCUT2D eigenvalue weighted by molar-refractivity contribution is 0.498. The highest BCUT2D eigenvalue weighted by Gasteiger charge is 2.28. The quantitative estimate of drug-likeness (QED) is 0.901. The molecule has 2 rings (SSSR count). The molecule has 1 aromatic rings. The van der Waals surface area contributed by atoms with Crippen LogP contribution in [0.4, 0.5) is 5.69 Å². The smallest absolute Gasteiger partial charge is 0.235 e. The van der Waals surface area contributed by atoms with E-state index in [0.29, 0.717) is 18.5 Å². The number of para-hydroxylation sites is 1. The fourth-order valence-electron chi connectivity index (χ4n) is 2.57. The van der Waals surface area contributed by atoms with Crippen LogP contribution in [0.2, 0.25) is 0 Å². The lowest BCUT2D eigenvalue weighted by Gasteiger charge is -2.26. The molecule has 0 aliphatic carbocycles. The zero-order valence-electron chi connectivity index (χ0n) is 12.4. The van der Waals surface area contributed by atoms with Gasteiger partial charge in [-0.15, -0.1) is 0 Å². The number of nitrogens with one attached hydrogen (secondary N) is 2. The monoisotopic (exact) mass is 296 g/mol. The van der Waals surface area contributed by atoms with Gasteiger partial charge in [-0.3, -0.25) is 4.72 Å². The Labute approximate surface area is 122 Å². The number of hydrogen-bond donors (Lipinski definition) is 2. The molecular formula is C15H24N2O2S. The Hall–Kier alpha value is -1.07. The molecule has 112 valence electrons. The zero-order chi connectivity index (χ0) is 14.8. The minimum Gasteiger partial charge on any atom is -0.317 e. The zero-order valence-corrected chi connectivity index (χ0v) is 13.3. The molecule has 0 amide bonds. The first-order valence-corrected chi connectivity index (χ1v) is 8.67. The average molecular weight is 296 g/mol. The summed E-state index contributed by atoms with van der Waals surface area (Å²) in [5, 5.41) is 2.90. The third-order valence-electron chi connectivity index (χ3n) is 3.71. The van der Waals surface area contributed by atoms with Crippen molar-refractivity contribution in [2.75, 3.05) is 17.8 Å². The van der Waals surface area contributed by atoms with Gasteiger partial charge < -0.3 is 5.32 Å². The van der Waals surface area contributed by atoms with Gasteiger partial charge in [0.1, 0.15) is 0 Å². The van der Waals surface area contributed by atoms with Crippen molar-refractivity contribution < 1.29 is 8.42 Å². The summed E-state index contributed by atoms with van der Waals surface area (Å²) in [6.45, 7) is 7.80. The third kappa shape index (κ3) is 3.52. The van der Waals surface area contributed by atoms with Gasteiger partial charge in [0.2, 0.25) is 10.0 Å². The fourth-order valence-corrected chi connectivity index (χ4v) is 4.08. The van der Waals surface area contributed by atoms with E-state index in [1.165, 1.54) is 0 Å². The average Bonchev–Trinajstić information content (AvgIpc) is 2.39. The van der Waals surface area contributed by atoms with E-state index < -0.39 is 10.0 Å². The van der Waals surface area contributed by atoms with E-state index in [2.05, 4.69) is 30.8 Å². The van der Waals surface area contributed by atoms with Crippen LogP contribution in [0.5, 0.6) is 0 Å². The number of rotatable bonds is 3. The molecule has 0 aromatic heterocycles. The molecular weight excluding hydrogens is 272 g/mol. The molecule has 20 heavy (non-hydrogen) atoms. The van der Waals surface area contributed by atoms with Crippen molar-refractivity contribution in [3.8, 4) is 0 Å². The Kier molecular flexibility index (Phi) is 4.39. The van der Waals surface area contributed by atoms with Crippen LogP contribution < -0.4 is 10.0 Å². The SMILES string of the molecule is CC(C)(C)c1ccccc1NS(=O)(=O)C1CCNCC1. The molecule has 0 bridgehead atoms. The van der Waals surface area contributed by atoms with Crippen LogP contribution in [0.25, 0.3) is 0 Å². The van der Waals surface area contributed by atoms with Crippen molar-refractivity contribution in [3.63, 3.8) is 0 Å². The van der Waals surface area contributed by atoms with Crippen molar-refractivity contribution >= 4 is 15.7 Å². The molecule has 1 aliphatic rings. The van der Waals surface area contributed by atoms with Crippen LogP contribution in [-0.4, -0.2) is 26.8 Å². The first-order valence-electron chi connectivity index (χ1n) is 7.12. The first kappa shape index (κ1) is 15.3. The van der Waals surface area contributed by atoms with Crippen molar-refractivity contribution in [2.24, 2.45) is 0 Å². The molecule has 5 heteroatoms. The standard InChI is InChI=1S/C15H24N2O2S/c1-15(2,3)13-6-4-5-7-14(13)17-20(18,19)12-8-10-16-11-9-12/h4-7,12,16-17H,8-11H2,1-3H3. The third-order valence-corrected chi connectivity index (χ3v) is 5.57. The highest BCUT2D eigenvalue weighted by Crippen LogP contribution is 2.30. The fraction of sp³-hybridized carbons (Fsp3) is 0.600. The molecule has 0 unspecified atom stereocenters. The van der Waals surface area contributed by atoms with Gasteiger partial charge in [-0.05, 0) is 43.0 Å². The second-order valence-corrected chi connectivity index (χ2v) is 8.35. The summed E-state index contributed by atoms with van der Waals surface area (Å²) in [6.07, 6.45) is 1.35. The maximum Gasteiger partial charge on any atom is 0.235 e. The Morgan fingerprint density at radius 1 is 1.15 bits per heavy atom. The molecule has 1 fully saturated rings. The van der Waals surface area contributed by atoms with Gasteiger partial charge >= 0.3 is 0 Å². The summed E-state index contributed by atoms with van der Waals surface area (Å²) < 4.78 is 27.8. The number of hydrogen-bond acceptors (Lipinski definition) is 3. The molecule has 0 spiro atoms. The maximum atomic E-state index is 12.5. The molecule has 0 radical (unpaired) electrons. The maximum absolute atomic E-state index is 12.5. The summed E-state index contributed by atoms with van der Waals surface area (Å²) >= 11 is 0. The van der Waals surface area contributed by atoms with E-state index in [1.54, 1.807) is 0 Å². The number of anilines is 1. The van der Waals surface area contributed by atoms with Gasteiger partial charge in [0.05, 0.1) is 10.9 Å². The summed E-state index contributed by atoms with van der Waals surface area (Å²) in [5.74, 6) is 0. The Morgan fingerprint density at radius 2 is 1.75 bits per heavy atom. The number of piperidine rings is 1. The second kappa shape index (κ2) is 5.74. The van der Waals surface area contributed by atoms with E-state index in [0.717, 1.165) is 18.7 Å². The predicted octanol–water partition coefficient (Wildman–Crippen LogP) is 2.48. The first-order chi connectivity index (χ1) is 9.31. The molecule has 1 aliphatic heterocycles. The van der Waals surface area contributed by atoms with Gasteiger partial charge in [0, 0.05) is 0 Å². The van der Waals surface area contributed by atoms with E-state index in [9.17, 15) is 8.42 Å². The second-order valence-electron chi connectivity index (χ2n) is 6.39. The van der Waals surface area contributed by atoms with Crippen molar-refractivity contribution in [2.45, 2.75) is 44.3 Å². The largest absolute Gasteiger partial charge is 0.317 e. The van der Waals surface area contributed by atoms with Crippen LogP contribution >= 0.6 is 0 Å². The van der Waals surface area contributed by atoms with Gasteiger partial charge in [-0.2, -0.15) is 0 Å². The summed E-state index contributed by atoms with van der Waals surface area (Å²) in [7, 11) is -3.31. The molecule has 4 nitrogen and oxygen atoms in total. The molecule has 0 atom stereocenters. The van der Waals surface area contributed by atoms with E-state index >= 15 is 0 Å². The van der Waals surface area contributed by atoms with Crippen LogP contribution in [0.3, 0.4) is 0 Å². The molecule has 1 heterocycles. The normalized spacial score (nSPS) is 17.9. The Balaban J connectivity index is 2.25. The van der Waals surface area contributed by atoms with Gasteiger partial charge in [0.25, 0.3) is 0 Å². The van der Waals surface area contributed by atoms with Crippen LogP contribution in [-0.2, 0) is 15.4 Å². The minimum atomic E-state index is -3.31. The highest BCUT2D eigenvalue weighted by molar-refractivity contribution is 7.93. The van der Waals surface area contributed by atoms with Crippen molar-refractivity contribution in [1.29, 1.82) is 0 Å². The van der Waals surface area contributed by atoms with E-state index in [4.69, 9.17) is 0 Å². The lowest BCUT2D eigenvalue weighted by Crippen LogP contribution is -2.38. The Bertz CT molecular complexity index is 555. The van der Waals surface area contributed by atoms with Gasteiger partial charge in [-0.25, -0.2) is 8.42 Å². The number of benzene rings is 1. The predicted molar refractivity (Wildman–Crippen MR) is 83.6 cm³/mol. The molecule has 2 N–H and O–H groups in total. The number of sulfonamides is 1. The van der Waals surface area contributed by atoms with Crippen molar-refractivity contribution in [3.05, 3.63) is 29.8 Å². The Morgan fingerprint density at radius 3 is 2.35 bits per heavy atom. The minimum absolute atomic E-state index is 0.0900. The molecule has 1 aromatic carbocycles. The highest BCUT2D eigenvalue weighted by atomic mass is 32.2. The molecule has 1 saturated heterocycles. The summed E-state index contributed by atoms with van der Waals surface area (Å²) in [5.41, 5.74) is 1.64. The van der Waals surface area contributed by atoms with Crippen LogP contribution in [0, 0.1) is 0 Å². The van der Waals surface area contributed by atoms with E-state index in [-0.39, 0.29) is 10.7 Å². The van der Waals surface area contributed by atoms with E-state index in [1.807, 2.05) is 24.3 Å². The van der Waals surface area contributed by atoms with Gasteiger partial charge in [-0.1, -0.05) is 39.0 Å². The van der Waals surface area contributed by atoms with Crippen LogP contribution in [0.15, 0.2) is 24.3 Å².